The van der Waals surface area contributed by atoms with Gasteiger partial charge in [0.25, 0.3) is 0 Å². The zero-order valence-corrected chi connectivity index (χ0v) is 17.9. The Kier molecular flexibility index (Phi) is 8.95. The third-order valence-electron chi connectivity index (χ3n) is 4.06. The van der Waals surface area contributed by atoms with Crippen LogP contribution in [0.5, 0.6) is 0 Å². The first-order chi connectivity index (χ1) is 12.8. The fourth-order valence-electron chi connectivity index (χ4n) is 2.82. The van der Waals surface area contributed by atoms with Crippen LogP contribution in [-0.4, -0.2) is 0 Å². The zero-order chi connectivity index (χ0) is 18.0. The summed E-state index contributed by atoms with van der Waals surface area (Å²) in [6.45, 7) is 2.13. The van der Waals surface area contributed by atoms with Crippen molar-refractivity contribution in [3.63, 3.8) is 0 Å². The summed E-state index contributed by atoms with van der Waals surface area (Å²) in [5, 5.41) is 0. The van der Waals surface area contributed by atoms with E-state index in [9.17, 15) is 0 Å². The van der Waals surface area contributed by atoms with E-state index in [1.165, 1.54) is 22.3 Å². The van der Waals surface area contributed by atoms with Crippen LogP contribution in [0.1, 0.15) is 22.6 Å². The van der Waals surface area contributed by atoms with Crippen molar-refractivity contribution in [1.29, 1.82) is 0 Å². The second kappa shape index (κ2) is 11.5. The van der Waals surface area contributed by atoms with E-state index < -0.39 is 0 Å². The Morgan fingerprint density at radius 2 is 1.41 bits per heavy atom. The van der Waals surface area contributed by atoms with Crippen LogP contribution < -0.4 is 0 Å². The van der Waals surface area contributed by atoms with Crippen molar-refractivity contribution >= 4 is 0 Å². The van der Waals surface area contributed by atoms with Gasteiger partial charge < -0.3 is 0 Å². The Labute approximate surface area is 182 Å². The molecule has 1 heteroatoms. The Hall–Kier alpha value is -2.24. The van der Waals surface area contributed by atoms with Gasteiger partial charge in [-0.2, -0.15) is 72.8 Å². The number of hydrogen-bond acceptors (Lipinski definition) is 0. The monoisotopic (exact) mass is 423 g/mol. The average molecular weight is 425 g/mol. The summed E-state index contributed by atoms with van der Waals surface area (Å²) in [4.78, 5) is 0. The predicted molar refractivity (Wildman–Crippen MR) is 109 cm³/mol. The van der Waals surface area contributed by atoms with Crippen LogP contribution in [0.4, 0.5) is 0 Å². The summed E-state index contributed by atoms with van der Waals surface area (Å²) < 4.78 is 0. The number of rotatable bonds is 0. The predicted octanol–water partition coefficient (Wildman–Crippen LogP) is 6.27. The van der Waals surface area contributed by atoms with Crippen molar-refractivity contribution in [3.8, 4) is 0 Å². The molecule has 2 aliphatic carbocycles. The minimum Gasteiger partial charge on any atom is -0.184 e. The van der Waals surface area contributed by atoms with Gasteiger partial charge in [-0.15, -0.1) is 47.1 Å². The maximum atomic E-state index is 3.46. The number of aryl methyl sites for hydroxylation is 1. The first-order valence-electron chi connectivity index (χ1n) is 8.76. The Balaban J connectivity index is 0.000000168. The third-order valence-corrected chi connectivity index (χ3v) is 4.06. The second-order valence-electron chi connectivity index (χ2n) is 6.05. The van der Waals surface area contributed by atoms with Crippen LogP contribution in [-0.2, 0) is 26.2 Å². The van der Waals surface area contributed by atoms with Gasteiger partial charge in [-0.1, -0.05) is 23.8 Å². The number of hydrogen-bond donors (Lipinski definition) is 0. The fourth-order valence-corrected chi connectivity index (χ4v) is 2.82. The van der Waals surface area contributed by atoms with Gasteiger partial charge in [0.1, 0.15) is 0 Å². The molecule has 0 saturated carbocycles. The van der Waals surface area contributed by atoms with Crippen molar-refractivity contribution in [3.05, 3.63) is 144 Å². The SMILES string of the molecule is Cc1ccc2c(c1)[C-]=C1C=CC=CC12.[Zr+3].[c-]1ccccc1.[c-]1ccccc1. The van der Waals surface area contributed by atoms with Gasteiger partial charge in [0.15, 0.2) is 0 Å². The molecule has 1 radical (unpaired) electrons. The molecule has 1 atom stereocenters. The summed E-state index contributed by atoms with van der Waals surface area (Å²) in [6, 6.07) is 31.6. The van der Waals surface area contributed by atoms with Crippen LogP contribution in [0, 0.1) is 25.1 Å². The molecule has 0 saturated heterocycles. The van der Waals surface area contributed by atoms with Crippen LogP contribution in [0.3, 0.4) is 0 Å². The van der Waals surface area contributed by atoms with Gasteiger partial charge >= 0.3 is 26.2 Å². The first kappa shape index (κ1) is 21.1. The molecule has 5 rings (SSSR count). The van der Waals surface area contributed by atoms with Gasteiger partial charge in [-0.3, -0.25) is 0 Å². The van der Waals surface area contributed by atoms with E-state index in [0.717, 1.165) is 0 Å². The standard InChI is InChI=1S/C14H11.2C6H5.Zr/c1-10-6-7-14-12(8-10)9-11-4-2-3-5-13(11)14;2*1-2-4-6-5-3-1;/h2-8,13H,1H3;2*1-5H;/q3*-1;+3. The molecule has 0 nitrogen and oxygen atoms in total. The maximum absolute atomic E-state index is 3.46. The smallest absolute Gasteiger partial charge is 0.184 e. The van der Waals surface area contributed by atoms with Gasteiger partial charge in [-0.25, -0.2) is 0 Å². The van der Waals surface area contributed by atoms with E-state index in [-0.39, 0.29) is 26.2 Å². The van der Waals surface area contributed by atoms with E-state index in [1.54, 1.807) is 0 Å². The molecule has 129 valence electrons. The molecule has 0 aromatic heterocycles. The van der Waals surface area contributed by atoms with E-state index in [2.05, 4.69) is 67.6 Å². The van der Waals surface area contributed by atoms with Gasteiger partial charge in [0.05, 0.1) is 0 Å². The number of allylic oxidation sites excluding steroid dienone is 5. The van der Waals surface area contributed by atoms with Crippen molar-refractivity contribution in [2.24, 2.45) is 0 Å². The summed E-state index contributed by atoms with van der Waals surface area (Å²) >= 11 is 0. The molecule has 2 aliphatic rings. The van der Waals surface area contributed by atoms with E-state index in [1.807, 2.05) is 60.7 Å². The summed E-state index contributed by atoms with van der Waals surface area (Å²) in [5.74, 6) is 0.454. The largest absolute Gasteiger partial charge is 3.00 e. The molecule has 27 heavy (non-hydrogen) atoms. The molecular weight excluding hydrogens is 404 g/mol. The first-order valence-corrected chi connectivity index (χ1v) is 8.76. The zero-order valence-electron chi connectivity index (χ0n) is 15.4. The summed E-state index contributed by atoms with van der Waals surface area (Å²) in [6.07, 6.45) is 12.0. The summed E-state index contributed by atoms with van der Waals surface area (Å²) in [7, 11) is 0. The Morgan fingerprint density at radius 3 is 1.93 bits per heavy atom. The molecule has 0 aliphatic heterocycles. The van der Waals surface area contributed by atoms with Gasteiger partial charge in [-0.05, 0) is 12.8 Å². The van der Waals surface area contributed by atoms with Crippen LogP contribution >= 0.6 is 0 Å². The Morgan fingerprint density at radius 1 is 0.778 bits per heavy atom. The van der Waals surface area contributed by atoms with Gasteiger partial charge in [0, 0.05) is 0 Å². The molecule has 0 spiro atoms. The maximum Gasteiger partial charge on any atom is 3.00 e. The quantitative estimate of drug-likeness (QED) is 0.373. The molecule has 0 N–H and O–H groups in total. The molecule has 3 aromatic rings. The second-order valence-corrected chi connectivity index (χ2v) is 6.05. The molecular formula is C26H21Zr. The number of fused-ring (bicyclic) bond motifs is 3. The fraction of sp³-hybridized carbons (Fsp3) is 0.0769. The van der Waals surface area contributed by atoms with E-state index in [4.69, 9.17) is 0 Å². The molecule has 0 amide bonds. The summed E-state index contributed by atoms with van der Waals surface area (Å²) in [5.41, 5.74) is 5.27. The topological polar surface area (TPSA) is 0 Å². The van der Waals surface area contributed by atoms with Crippen LogP contribution in [0.25, 0.3) is 0 Å². The van der Waals surface area contributed by atoms with Crippen molar-refractivity contribution in [1.82, 2.24) is 0 Å². The van der Waals surface area contributed by atoms with Gasteiger partial charge in [0.2, 0.25) is 0 Å². The molecule has 1 unspecified atom stereocenters. The van der Waals surface area contributed by atoms with Crippen molar-refractivity contribution in [2.75, 3.05) is 0 Å². The minimum absolute atomic E-state index is 0. The van der Waals surface area contributed by atoms with Crippen molar-refractivity contribution in [2.45, 2.75) is 12.8 Å². The molecule has 0 fully saturated rings. The van der Waals surface area contributed by atoms with E-state index in [0.29, 0.717) is 5.92 Å². The average Bonchev–Trinajstić information content (AvgIpc) is 3.09. The van der Waals surface area contributed by atoms with E-state index >= 15 is 0 Å². The minimum atomic E-state index is 0. The molecule has 0 bridgehead atoms. The molecule has 0 heterocycles. The van der Waals surface area contributed by atoms with Crippen LogP contribution in [0.2, 0.25) is 0 Å². The van der Waals surface area contributed by atoms with Crippen LogP contribution in [0.15, 0.2) is 109 Å². The normalized spacial score (nSPS) is 14.9. The van der Waals surface area contributed by atoms with Crippen molar-refractivity contribution < 1.29 is 26.2 Å². The number of benzene rings is 3. The third kappa shape index (κ3) is 6.45. The Bertz CT molecular complexity index is 805. The molecule has 3 aromatic carbocycles.